The van der Waals surface area contributed by atoms with E-state index in [4.69, 9.17) is 0 Å². The Bertz CT molecular complexity index is 426. The van der Waals surface area contributed by atoms with Gasteiger partial charge in [-0.25, -0.2) is 0 Å². The van der Waals surface area contributed by atoms with E-state index in [1.165, 1.54) is 12.8 Å². The Hall–Kier alpha value is -1.55. The van der Waals surface area contributed by atoms with E-state index in [1.807, 2.05) is 19.1 Å². The summed E-state index contributed by atoms with van der Waals surface area (Å²) in [6.07, 6.45) is 4.81. The first-order valence-electron chi connectivity index (χ1n) is 6.48. The number of hydrogen-bond donors (Lipinski definition) is 3. The monoisotopic (exact) mass is 248 g/mol. The number of hydrogen-bond acceptors (Lipinski definition) is 3. The van der Waals surface area contributed by atoms with Crippen molar-refractivity contribution in [2.75, 3.05) is 11.9 Å². The lowest BCUT2D eigenvalue weighted by Gasteiger charge is -2.12. The molecular weight excluding hydrogens is 228 g/mol. The summed E-state index contributed by atoms with van der Waals surface area (Å²) in [7, 11) is 0. The molecule has 0 aromatic heterocycles. The van der Waals surface area contributed by atoms with Crippen LogP contribution >= 0.6 is 0 Å². The van der Waals surface area contributed by atoms with Crippen molar-refractivity contribution >= 4 is 11.6 Å². The van der Waals surface area contributed by atoms with Gasteiger partial charge in [0, 0.05) is 6.04 Å². The Balaban J connectivity index is 1.84. The number of anilines is 1. The van der Waals surface area contributed by atoms with Crippen molar-refractivity contribution in [3.63, 3.8) is 0 Å². The molecule has 1 amide bonds. The van der Waals surface area contributed by atoms with Crippen LogP contribution < -0.4 is 10.6 Å². The number of amides is 1. The van der Waals surface area contributed by atoms with E-state index < -0.39 is 0 Å². The highest BCUT2D eigenvalue weighted by atomic mass is 16.3. The van der Waals surface area contributed by atoms with Crippen molar-refractivity contribution in [3.05, 3.63) is 23.8 Å². The quantitative estimate of drug-likeness (QED) is 0.716. The minimum absolute atomic E-state index is 0.109. The third-order valence-corrected chi connectivity index (χ3v) is 3.42. The van der Waals surface area contributed by atoms with Crippen molar-refractivity contribution < 1.29 is 9.90 Å². The highest BCUT2D eigenvalue weighted by Gasteiger charge is 2.15. The zero-order valence-electron chi connectivity index (χ0n) is 10.7. The van der Waals surface area contributed by atoms with Gasteiger partial charge in [0.15, 0.2) is 0 Å². The molecule has 3 N–H and O–H groups in total. The molecule has 2 rings (SSSR count). The third kappa shape index (κ3) is 3.23. The van der Waals surface area contributed by atoms with Gasteiger partial charge >= 0.3 is 0 Å². The molecule has 0 saturated heterocycles. The van der Waals surface area contributed by atoms with Crippen molar-refractivity contribution in [1.82, 2.24) is 5.32 Å². The first kappa shape index (κ1) is 12.9. The van der Waals surface area contributed by atoms with E-state index in [1.54, 1.807) is 6.07 Å². The molecule has 1 aliphatic carbocycles. The molecule has 0 unspecified atom stereocenters. The van der Waals surface area contributed by atoms with Gasteiger partial charge in [-0.15, -0.1) is 0 Å². The molecule has 98 valence electrons. The van der Waals surface area contributed by atoms with Crippen molar-refractivity contribution in [2.24, 2.45) is 0 Å². The topological polar surface area (TPSA) is 61.4 Å². The highest BCUT2D eigenvalue weighted by Crippen LogP contribution is 2.26. The lowest BCUT2D eigenvalue weighted by molar-refractivity contribution is -0.115. The number of phenols is 1. The van der Waals surface area contributed by atoms with Crippen molar-refractivity contribution in [1.29, 1.82) is 0 Å². The number of nitrogens with one attached hydrogen (secondary N) is 2. The maximum atomic E-state index is 11.7. The number of phenolic OH excluding ortho intramolecular Hbond substituents is 1. The number of aromatic hydroxyl groups is 1. The molecule has 0 spiro atoms. The van der Waals surface area contributed by atoms with Gasteiger partial charge in [-0.2, -0.15) is 0 Å². The standard InChI is InChI=1S/C14H20N2O2/c1-10-5-4-8-12(14(10)18)16-13(17)9-15-11-6-2-3-7-11/h4-5,8,11,15,18H,2-3,6-7,9H2,1H3,(H,16,17). The van der Waals surface area contributed by atoms with Crippen LogP contribution in [0.25, 0.3) is 0 Å². The molecule has 1 aromatic rings. The lowest BCUT2D eigenvalue weighted by Crippen LogP contribution is -2.34. The Morgan fingerprint density at radius 1 is 1.39 bits per heavy atom. The number of carbonyl (C=O) groups is 1. The van der Waals surface area contributed by atoms with Gasteiger partial charge in [-0.05, 0) is 31.4 Å². The Labute approximate surface area is 107 Å². The number of para-hydroxylation sites is 1. The molecule has 4 heteroatoms. The summed E-state index contributed by atoms with van der Waals surface area (Å²) in [5.74, 6) is 0.0366. The molecule has 0 radical (unpaired) electrons. The minimum Gasteiger partial charge on any atom is -0.505 e. The normalized spacial score (nSPS) is 15.8. The summed E-state index contributed by atoms with van der Waals surface area (Å²) in [4.78, 5) is 11.7. The zero-order valence-corrected chi connectivity index (χ0v) is 10.7. The van der Waals surface area contributed by atoms with Gasteiger partial charge < -0.3 is 15.7 Å². The average Bonchev–Trinajstić information content (AvgIpc) is 2.86. The molecular formula is C14H20N2O2. The average molecular weight is 248 g/mol. The second-order valence-electron chi connectivity index (χ2n) is 4.88. The maximum Gasteiger partial charge on any atom is 0.238 e. The van der Waals surface area contributed by atoms with Crippen LogP contribution in [-0.2, 0) is 4.79 Å². The fraction of sp³-hybridized carbons (Fsp3) is 0.500. The molecule has 1 saturated carbocycles. The van der Waals surface area contributed by atoms with Gasteiger partial charge in [-0.3, -0.25) is 4.79 Å². The summed E-state index contributed by atoms with van der Waals surface area (Å²) in [5.41, 5.74) is 1.24. The van der Waals surface area contributed by atoms with Crippen molar-refractivity contribution in [2.45, 2.75) is 38.6 Å². The molecule has 18 heavy (non-hydrogen) atoms. The molecule has 1 aliphatic rings. The second kappa shape index (κ2) is 5.87. The number of benzene rings is 1. The van der Waals surface area contributed by atoms with Crippen LogP contribution in [0.4, 0.5) is 5.69 Å². The molecule has 4 nitrogen and oxygen atoms in total. The van der Waals surface area contributed by atoms with E-state index in [0.717, 1.165) is 18.4 Å². The van der Waals surface area contributed by atoms with Crippen molar-refractivity contribution in [3.8, 4) is 5.75 Å². The second-order valence-corrected chi connectivity index (χ2v) is 4.88. The smallest absolute Gasteiger partial charge is 0.238 e. The van der Waals surface area contributed by atoms with Crippen LogP contribution in [0.1, 0.15) is 31.2 Å². The van der Waals surface area contributed by atoms with E-state index in [2.05, 4.69) is 10.6 Å². The SMILES string of the molecule is Cc1cccc(NC(=O)CNC2CCCC2)c1O. The Kier molecular flexibility index (Phi) is 4.20. The van der Waals surface area contributed by atoms with Crippen LogP contribution in [0.15, 0.2) is 18.2 Å². The predicted molar refractivity (Wildman–Crippen MR) is 71.7 cm³/mol. The molecule has 0 aliphatic heterocycles. The van der Waals surface area contributed by atoms with Gasteiger partial charge in [0.05, 0.1) is 12.2 Å². The van der Waals surface area contributed by atoms with Gasteiger partial charge in [0.25, 0.3) is 0 Å². The van der Waals surface area contributed by atoms with Crippen LogP contribution in [0.5, 0.6) is 5.75 Å². The highest BCUT2D eigenvalue weighted by molar-refractivity contribution is 5.93. The third-order valence-electron chi connectivity index (χ3n) is 3.42. The first-order valence-corrected chi connectivity index (χ1v) is 6.48. The van der Waals surface area contributed by atoms with Crippen LogP contribution in [0.3, 0.4) is 0 Å². The fourth-order valence-corrected chi connectivity index (χ4v) is 2.32. The Morgan fingerprint density at radius 2 is 2.11 bits per heavy atom. The van der Waals surface area contributed by atoms with Gasteiger partial charge in [-0.1, -0.05) is 25.0 Å². The van der Waals surface area contributed by atoms with Gasteiger partial charge in [0.2, 0.25) is 5.91 Å². The van der Waals surface area contributed by atoms with Crippen LogP contribution in [0, 0.1) is 6.92 Å². The summed E-state index contributed by atoms with van der Waals surface area (Å²) < 4.78 is 0. The fourth-order valence-electron chi connectivity index (χ4n) is 2.32. The number of carbonyl (C=O) groups excluding carboxylic acids is 1. The van der Waals surface area contributed by atoms with E-state index in [-0.39, 0.29) is 11.7 Å². The summed E-state index contributed by atoms with van der Waals surface area (Å²) >= 11 is 0. The number of rotatable bonds is 4. The summed E-state index contributed by atoms with van der Waals surface area (Å²) in [6.45, 7) is 2.11. The molecule has 0 bridgehead atoms. The van der Waals surface area contributed by atoms with Crippen LogP contribution in [-0.4, -0.2) is 23.6 Å². The molecule has 0 heterocycles. The summed E-state index contributed by atoms with van der Waals surface area (Å²) in [5, 5.41) is 15.8. The minimum atomic E-state index is -0.109. The number of aryl methyl sites for hydroxylation is 1. The predicted octanol–water partition coefficient (Wildman–Crippen LogP) is 2.17. The lowest BCUT2D eigenvalue weighted by atomic mass is 10.2. The Morgan fingerprint density at radius 3 is 2.83 bits per heavy atom. The zero-order chi connectivity index (χ0) is 13.0. The molecule has 1 aromatic carbocycles. The van der Waals surface area contributed by atoms with E-state index >= 15 is 0 Å². The van der Waals surface area contributed by atoms with Gasteiger partial charge in [0.1, 0.15) is 5.75 Å². The first-order chi connectivity index (χ1) is 8.66. The maximum absolute atomic E-state index is 11.7. The van der Waals surface area contributed by atoms with E-state index in [0.29, 0.717) is 18.3 Å². The largest absolute Gasteiger partial charge is 0.505 e. The van der Waals surface area contributed by atoms with E-state index in [9.17, 15) is 9.90 Å². The summed E-state index contributed by atoms with van der Waals surface area (Å²) in [6, 6.07) is 5.80. The molecule has 0 atom stereocenters. The van der Waals surface area contributed by atoms with Crippen LogP contribution in [0.2, 0.25) is 0 Å². The molecule has 1 fully saturated rings.